The Labute approximate surface area is 168 Å². The Hall–Kier alpha value is -2.64. The maximum absolute atomic E-state index is 12.9. The van der Waals surface area contributed by atoms with E-state index in [2.05, 4.69) is 0 Å². The molecule has 3 nitrogen and oxygen atoms in total. The molecule has 7 heteroatoms. The summed E-state index contributed by atoms with van der Waals surface area (Å²) in [7, 11) is -2.25. The standard InChI is InChI=1S/C22H20F3NO2S/c1-26(29(27,28)20-10-6-3-7-11-20)16-21(17-8-4-2-5-9-17)18-12-14-19(15-13-18)22(23,24)25/h2-15,21H,16H2,1H3/t21-/m0/s1. The third-order valence-corrected chi connectivity index (χ3v) is 6.57. The number of hydrogen-bond donors (Lipinski definition) is 0. The topological polar surface area (TPSA) is 37.4 Å². The molecule has 0 amide bonds. The molecule has 1 atom stereocenters. The van der Waals surface area contributed by atoms with Gasteiger partial charge >= 0.3 is 6.18 Å². The molecule has 0 bridgehead atoms. The van der Waals surface area contributed by atoms with E-state index >= 15 is 0 Å². The van der Waals surface area contributed by atoms with Crippen LogP contribution < -0.4 is 0 Å². The van der Waals surface area contributed by atoms with Gasteiger partial charge in [0.1, 0.15) is 0 Å². The van der Waals surface area contributed by atoms with E-state index in [-0.39, 0.29) is 11.4 Å². The van der Waals surface area contributed by atoms with E-state index in [0.29, 0.717) is 5.56 Å². The van der Waals surface area contributed by atoms with Crippen LogP contribution in [0.2, 0.25) is 0 Å². The molecule has 0 fully saturated rings. The minimum Gasteiger partial charge on any atom is -0.207 e. The molecule has 0 unspecified atom stereocenters. The van der Waals surface area contributed by atoms with Gasteiger partial charge in [-0.1, -0.05) is 60.7 Å². The molecular formula is C22H20F3NO2S. The van der Waals surface area contributed by atoms with Crippen molar-refractivity contribution in [1.29, 1.82) is 0 Å². The van der Waals surface area contributed by atoms with Gasteiger partial charge in [-0.3, -0.25) is 0 Å². The van der Waals surface area contributed by atoms with Gasteiger partial charge in [-0.25, -0.2) is 8.42 Å². The van der Waals surface area contributed by atoms with E-state index in [1.54, 1.807) is 18.2 Å². The molecule has 0 aromatic heterocycles. The van der Waals surface area contributed by atoms with Crippen LogP contribution in [0.25, 0.3) is 0 Å². The molecule has 0 aliphatic rings. The van der Waals surface area contributed by atoms with Crippen LogP contribution in [0.3, 0.4) is 0 Å². The predicted octanol–water partition coefficient (Wildman–Crippen LogP) is 5.16. The number of halogens is 3. The van der Waals surface area contributed by atoms with Crippen molar-refractivity contribution in [3.05, 3.63) is 102 Å². The molecule has 3 aromatic rings. The fourth-order valence-electron chi connectivity index (χ4n) is 3.12. The van der Waals surface area contributed by atoms with Gasteiger partial charge in [-0.05, 0) is 35.4 Å². The average Bonchev–Trinajstić information content (AvgIpc) is 2.72. The van der Waals surface area contributed by atoms with Crippen molar-refractivity contribution in [2.75, 3.05) is 13.6 Å². The van der Waals surface area contributed by atoms with Gasteiger partial charge in [0.15, 0.2) is 0 Å². The first-order chi connectivity index (χ1) is 13.7. The summed E-state index contributed by atoms with van der Waals surface area (Å²) in [5.74, 6) is -0.415. The highest BCUT2D eigenvalue weighted by Crippen LogP contribution is 2.32. The Balaban J connectivity index is 1.95. The van der Waals surface area contributed by atoms with Crippen LogP contribution in [0, 0.1) is 0 Å². The summed E-state index contributed by atoms with van der Waals surface area (Å²) < 4.78 is 65.8. The predicted molar refractivity (Wildman–Crippen MR) is 106 cm³/mol. The molecule has 152 valence electrons. The van der Waals surface area contributed by atoms with E-state index in [9.17, 15) is 21.6 Å². The molecule has 0 aliphatic heterocycles. The van der Waals surface area contributed by atoms with E-state index in [4.69, 9.17) is 0 Å². The van der Waals surface area contributed by atoms with Crippen molar-refractivity contribution in [3.8, 4) is 0 Å². The zero-order chi connectivity index (χ0) is 21.1. The molecule has 0 N–H and O–H groups in total. The summed E-state index contributed by atoms with van der Waals surface area (Å²) in [6, 6.07) is 22.1. The van der Waals surface area contributed by atoms with E-state index in [0.717, 1.165) is 17.7 Å². The van der Waals surface area contributed by atoms with Gasteiger partial charge in [-0.15, -0.1) is 0 Å². The number of sulfonamides is 1. The van der Waals surface area contributed by atoms with Crippen molar-refractivity contribution >= 4 is 10.0 Å². The lowest BCUT2D eigenvalue weighted by Crippen LogP contribution is -2.31. The maximum atomic E-state index is 12.9. The second-order valence-electron chi connectivity index (χ2n) is 6.68. The Bertz CT molecular complexity index is 1030. The quantitative estimate of drug-likeness (QED) is 0.554. The monoisotopic (exact) mass is 419 g/mol. The molecule has 0 spiro atoms. The number of hydrogen-bond acceptors (Lipinski definition) is 2. The van der Waals surface area contributed by atoms with Crippen LogP contribution in [0.4, 0.5) is 13.2 Å². The lowest BCUT2D eigenvalue weighted by molar-refractivity contribution is -0.137. The Morgan fingerprint density at radius 3 is 1.79 bits per heavy atom. The van der Waals surface area contributed by atoms with Gasteiger partial charge in [0, 0.05) is 19.5 Å². The van der Waals surface area contributed by atoms with Crippen molar-refractivity contribution in [1.82, 2.24) is 4.31 Å². The van der Waals surface area contributed by atoms with Crippen molar-refractivity contribution in [3.63, 3.8) is 0 Å². The minimum atomic E-state index is -4.42. The highest BCUT2D eigenvalue weighted by Gasteiger charge is 2.31. The lowest BCUT2D eigenvalue weighted by Gasteiger charge is -2.25. The molecule has 3 rings (SSSR count). The number of nitrogens with zero attached hydrogens (tertiary/aromatic N) is 1. The molecule has 0 saturated heterocycles. The molecule has 0 heterocycles. The highest BCUT2D eigenvalue weighted by atomic mass is 32.2. The lowest BCUT2D eigenvalue weighted by atomic mass is 9.90. The zero-order valence-electron chi connectivity index (χ0n) is 15.7. The van der Waals surface area contributed by atoms with Crippen LogP contribution in [0.1, 0.15) is 22.6 Å². The fourth-order valence-corrected chi connectivity index (χ4v) is 4.33. The van der Waals surface area contributed by atoms with E-state index in [1.807, 2.05) is 30.3 Å². The maximum Gasteiger partial charge on any atom is 0.416 e. The number of benzene rings is 3. The summed E-state index contributed by atoms with van der Waals surface area (Å²) in [6.45, 7) is 0.0899. The first-order valence-corrected chi connectivity index (χ1v) is 10.4. The normalized spacial score (nSPS) is 13.4. The summed E-state index contributed by atoms with van der Waals surface area (Å²) >= 11 is 0. The average molecular weight is 419 g/mol. The van der Waals surface area contributed by atoms with Gasteiger partial charge in [0.25, 0.3) is 0 Å². The smallest absolute Gasteiger partial charge is 0.207 e. The molecule has 0 aliphatic carbocycles. The van der Waals surface area contributed by atoms with Crippen LogP contribution >= 0.6 is 0 Å². The Kier molecular flexibility index (Phi) is 6.10. The minimum absolute atomic E-state index is 0.0899. The molecular weight excluding hydrogens is 399 g/mol. The first kappa shape index (κ1) is 21.1. The van der Waals surface area contributed by atoms with Crippen molar-refractivity contribution in [2.24, 2.45) is 0 Å². The second kappa shape index (κ2) is 8.39. The SMILES string of the molecule is CN(C[C@@H](c1ccccc1)c1ccc(C(F)(F)F)cc1)S(=O)(=O)c1ccccc1. The zero-order valence-corrected chi connectivity index (χ0v) is 16.5. The summed E-state index contributed by atoms with van der Waals surface area (Å²) in [6.07, 6.45) is -4.42. The summed E-state index contributed by atoms with van der Waals surface area (Å²) in [5.41, 5.74) is 0.694. The van der Waals surface area contributed by atoms with Crippen LogP contribution in [0.15, 0.2) is 89.8 Å². The van der Waals surface area contributed by atoms with Crippen molar-refractivity contribution in [2.45, 2.75) is 17.0 Å². The van der Waals surface area contributed by atoms with Gasteiger partial charge < -0.3 is 0 Å². The number of rotatable bonds is 6. The highest BCUT2D eigenvalue weighted by molar-refractivity contribution is 7.89. The molecule has 3 aromatic carbocycles. The number of likely N-dealkylation sites (N-methyl/N-ethyl adjacent to an activating group) is 1. The summed E-state index contributed by atoms with van der Waals surface area (Å²) in [4.78, 5) is 0.168. The van der Waals surface area contributed by atoms with E-state index in [1.165, 1.54) is 35.6 Å². The third-order valence-electron chi connectivity index (χ3n) is 4.73. The Morgan fingerprint density at radius 1 is 0.793 bits per heavy atom. The second-order valence-corrected chi connectivity index (χ2v) is 8.73. The van der Waals surface area contributed by atoms with Crippen molar-refractivity contribution < 1.29 is 21.6 Å². The Morgan fingerprint density at radius 2 is 1.28 bits per heavy atom. The third kappa shape index (κ3) is 4.86. The molecule has 0 saturated carbocycles. The van der Waals surface area contributed by atoms with Gasteiger partial charge in [0.05, 0.1) is 10.5 Å². The molecule has 0 radical (unpaired) electrons. The summed E-state index contributed by atoms with van der Waals surface area (Å²) in [5, 5.41) is 0. The van der Waals surface area contributed by atoms with Crippen LogP contribution in [0.5, 0.6) is 0 Å². The van der Waals surface area contributed by atoms with Crippen LogP contribution in [-0.4, -0.2) is 26.3 Å². The fraction of sp³-hybridized carbons (Fsp3) is 0.182. The van der Waals surface area contributed by atoms with Gasteiger partial charge in [-0.2, -0.15) is 17.5 Å². The van der Waals surface area contributed by atoms with E-state index < -0.39 is 27.7 Å². The van der Waals surface area contributed by atoms with Crippen LogP contribution in [-0.2, 0) is 16.2 Å². The van der Waals surface area contributed by atoms with Gasteiger partial charge in [0.2, 0.25) is 10.0 Å². The largest absolute Gasteiger partial charge is 0.416 e. The molecule has 29 heavy (non-hydrogen) atoms. The number of alkyl halides is 3. The first-order valence-electron chi connectivity index (χ1n) is 8.93.